The number of rotatable bonds is 10. The highest BCUT2D eigenvalue weighted by Crippen LogP contribution is 2.31. The molecule has 2 N–H and O–H groups in total. The Morgan fingerprint density at radius 3 is 2.15 bits per heavy atom. The number of carboxylic acid groups (broad SMARTS) is 1. The van der Waals surface area contributed by atoms with Gasteiger partial charge in [-0.15, -0.1) is 0 Å². The van der Waals surface area contributed by atoms with E-state index in [9.17, 15) is 35.9 Å². The first kappa shape index (κ1) is 29.1. The predicted molar refractivity (Wildman–Crippen MR) is 141 cm³/mol. The van der Waals surface area contributed by atoms with Gasteiger partial charge in [0.05, 0.1) is 17.1 Å². The zero-order chi connectivity index (χ0) is 28.2. The van der Waals surface area contributed by atoms with Crippen LogP contribution in [0.25, 0.3) is 0 Å². The Bertz CT molecular complexity index is 1380. The van der Waals surface area contributed by atoms with E-state index in [1.807, 2.05) is 0 Å². The second-order valence-corrected chi connectivity index (χ2v) is 13.7. The Hall–Kier alpha value is -2.87. The molecule has 0 bridgehead atoms. The topological polar surface area (TPSA) is 141 Å². The van der Waals surface area contributed by atoms with Crippen LogP contribution < -0.4 is 5.32 Å². The molecule has 2 aromatic carbocycles. The molecule has 1 heterocycles. The summed E-state index contributed by atoms with van der Waals surface area (Å²) < 4.78 is 69.3. The van der Waals surface area contributed by atoms with Crippen molar-refractivity contribution in [3.8, 4) is 0 Å². The number of sulfonamides is 2. The molecule has 212 valence electrons. The summed E-state index contributed by atoms with van der Waals surface area (Å²) in [5, 5.41) is 12.2. The monoisotopic (exact) mass is 581 g/mol. The van der Waals surface area contributed by atoms with Crippen LogP contribution in [0.3, 0.4) is 0 Å². The Balaban J connectivity index is 1.69. The Morgan fingerprint density at radius 2 is 1.54 bits per heavy atom. The molecule has 1 saturated heterocycles. The second-order valence-electron chi connectivity index (χ2n) is 9.91. The molecule has 2 aromatic rings. The van der Waals surface area contributed by atoms with Gasteiger partial charge in [0.25, 0.3) is 5.91 Å². The molecule has 13 heteroatoms. The van der Waals surface area contributed by atoms with Crippen molar-refractivity contribution in [1.82, 2.24) is 13.9 Å². The number of amides is 1. The van der Waals surface area contributed by atoms with Crippen LogP contribution in [0.5, 0.6) is 0 Å². The van der Waals surface area contributed by atoms with Crippen molar-refractivity contribution < 1.29 is 35.9 Å². The fraction of sp³-hybridized carbons (Fsp3) is 0.462. The molecule has 2 aliphatic rings. The average molecular weight is 582 g/mol. The lowest BCUT2D eigenvalue weighted by Gasteiger charge is -2.33. The van der Waals surface area contributed by atoms with Gasteiger partial charge in [-0.3, -0.25) is 9.59 Å². The molecule has 1 amide bonds. The molecule has 1 aliphatic heterocycles. The number of carbonyl (C=O) groups is 2. The molecule has 2 atom stereocenters. The molecule has 1 saturated carbocycles. The normalized spacial score (nSPS) is 20.5. The van der Waals surface area contributed by atoms with Crippen molar-refractivity contribution in [2.45, 2.75) is 61.4 Å². The number of aliphatic carboxylic acids is 1. The van der Waals surface area contributed by atoms with E-state index in [1.165, 1.54) is 0 Å². The maximum Gasteiger partial charge on any atom is 0.305 e. The van der Waals surface area contributed by atoms with Gasteiger partial charge in [-0.2, -0.15) is 8.61 Å². The van der Waals surface area contributed by atoms with Crippen molar-refractivity contribution in [2.75, 3.05) is 13.1 Å². The molecule has 2 fully saturated rings. The average Bonchev–Trinajstić information content (AvgIpc) is 3.37. The van der Waals surface area contributed by atoms with Gasteiger partial charge >= 0.3 is 5.97 Å². The Kier molecular flexibility index (Phi) is 9.04. The summed E-state index contributed by atoms with van der Waals surface area (Å²) >= 11 is 0. The van der Waals surface area contributed by atoms with E-state index in [4.69, 9.17) is 0 Å². The van der Waals surface area contributed by atoms with Crippen molar-refractivity contribution in [1.29, 1.82) is 0 Å². The quantitative estimate of drug-likeness (QED) is 0.439. The zero-order valence-electron chi connectivity index (χ0n) is 21.3. The van der Waals surface area contributed by atoms with Crippen LogP contribution in [0.2, 0.25) is 0 Å². The van der Waals surface area contributed by atoms with Gasteiger partial charge in [0.1, 0.15) is 5.82 Å². The van der Waals surface area contributed by atoms with E-state index in [0.29, 0.717) is 18.4 Å². The third-order valence-electron chi connectivity index (χ3n) is 7.23. The van der Waals surface area contributed by atoms with Crippen molar-refractivity contribution >= 4 is 31.9 Å². The summed E-state index contributed by atoms with van der Waals surface area (Å²) in [5.41, 5.74) is 0.461. The highest BCUT2D eigenvalue weighted by molar-refractivity contribution is 7.89. The third-order valence-corrected chi connectivity index (χ3v) is 10.9. The molecule has 0 aromatic heterocycles. The first-order chi connectivity index (χ1) is 18.5. The lowest BCUT2D eigenvalue weighted by Crippen LogP contribution is -2.56. The van der Waals surface area contributed by atoms with Crippen molar-refractivity contribution in [3.05, 3.63) is 66.0 Å². The SMILES string of the molecule is O=C(O)CC(NC(=O)C1N(S(=O)(=O)Cc2ccccc2)CCN1S(=O)(=O)c1ccc(F)cc1)C1CCCCC1. The largest absolute Gasteiger partial charge is 0.481 e. The maximum absolute atomic E-state index is 13.8. The summed E-state index contributed by atoms with van der Waals surface area (Å²) in [7, 11) is -8.60. The molecule has 2 unspecified atom stereocenters. The van der Waals surface area contributed by atoms with E-state index in [0.717, 1.165) is 52.1 Å². The number of carboxylic acids is 1. The van der Waals surface area contributed by atoms with Gasteiger partial charge < -0.3 is 10.4 Å². The van der Waals surface area contributed by atoms with Crippen LogP contribution in [0.15, 0.2) is 59.5 Å². The minimum absolute atomic E-state index is 0.128. The lowest BCUT2D eigenvalue weighted by atomic mass is 9.82. The summed E-state index contributed by atoms with van der Waals surface area (Å²) in [5.74, 6) is -3.27. The molecule has 0 radical (unpaired) electrons. The summed E-state index contributed by atoms with van der Waals surface area (Å²) in [4.78, 5) is 25.1. The van der Waals surface area contributed by atoms with E-state index >= 15 is 0 Å². The molecule has 10 nitrogen and oxygen atoms in total. The molecule has 0 spiro atoms. The number of hydrogen-bond donors (Lipinski definition) is 2. The van der Waals surface area contributed by atoms with E-state index < -0.39 is 55.7 Å². The van der Waals surface area contributed by atoms with Crippen LogP contribution in [-0.2, 0) is 35.4 Å². The van der Waals surface area contributed by atoms with E-state index in [1.54, 1.807) is 30.3 Å². The molecule has 39 heavy (non-hydrogen) atoms. The van der Waals surface area contributed by atoms with Crippen LogP contribution in [-0.4, -0.2) is 67.7 Å². The zero-order valence-corrected chi connectivity index (χ0v) is 22.9. The first-order valence-electron chi connectivity index (χ1n) is 12.8. The number of carbonyl (C=O) groups excluding carboxylic acids is 1. The van der Waals surface area contributed by atoms with Gasteiger partial charge in [0.15, 0.2) is 6.17 Å². The van der Waals surface area contributed by atoms with Gasteiger partial charge in [-0.05, 0) is 48.6 Å². The number of nitrogens with one attached hydrogen (secondary N) is 1. The van der Waals surface area contributed by atoms with Crippen molar-refractivity contribution in [3.63, 3.8) is 0 Å². The molecular weight excluding hydrogens is 549 g/mol. The summed E-state index contributed by atoms with van der Waals surface area (Å²) in [6, 6.07) is 11.5. The first-order valence-corrected chi connectivity index (χ1v) is 15.9. The van der Waals surface area contributed by atoms with E-state index in [-0.39, 0.29) is 30.3 Å². The minimum Gasteiger partial charge on any atom is -0.481 e. The van der Waals surface area contributed by atoms with Crippen LogP contribution in [0, 0.1) is 11.7 Å². The van der Waals surface area contributed by atoms with Crippen LogP contribution in [0.1, 0.15) is 44.1 Å². The highest BCUT2D eigenvalue weighted by Gasteiger charge is 2.49. The Morgan fingerprint density at radius 1 is 0.923 bits per heavy atom. The summed E-state index contributed by atoms with van der Waals surface area (Å²) in [6.45, 7) is -0.584. The predicted octanol–water partition coefficient (Wildman–Crippen LogP) is 2.53. The standard InChI is InChI=1S/C26H32FN3O7S2/c27-21-11-13-22(14-12-21)39(36,37)30-16-15-29(38(34,35)18-19-7-3-1-4-8-19)26(30)25(33)28-23(17-24(31)32)20-9-5-2-6-10-20/h1,3-4,7-8,11-14,20,23,26H,2,5-6,9-10,15-18H2,(H,28,33)(H,31,32). The van der Waals surface area contributed by atoms with E-state index in [2.05, 4.69) is 5.32 Å². The molecule has 4 rings (SSSR count). The molecular formula is C26H32FN3O7S2. The van der Waals surface area contributed by atoms with Gasteiger partial charge in [0, 0.05) is 19.1 Å². The number of benzene rings is 2. The number of hydrogen-bond acceptors (Lipinski definition) is 6. The fourth-order valence-electron chi connectivity index (χ4n) is 5.32. The number of halogens is 1. The van der Waals surface area contributed by atoms with Crippen LogP contribution in [0.4, 0.5) is 4.39 Å². The van der Waals surface area contributed by atoms with Gasteiger partial charge in [0.2, 0.25) is 20.0 Å². The smallest absolute Gasteiger partial charge is 0.305 e. The maximum atomic E-state index is 13.8. The van der Waals surface area contributed by atoms with Crippen LogP contribution >= 0.6 is 0 Å². The second kappa shape index (κ2) is 12.1. The Labute approximate surface area is 227 Å². The van der Waals surface area contributed by atoms with Gasteiger partial charge in [-0.1, -0.05) is 49.6 Å². The summed E-state index contributed by atoms with van der Waals surface area (Å²) in [6.07, 6.45) is 2.03. The minimum atomic E-state index is -4.42. The highest BCUT2D eigenvalue weighted by atomic mass is 32.2. The lowest BCUT2D eigenvalue weighted by molar-refractivity contribution is -0.138. The van der Waals surface area contributed by atoms with Crippen molar-refractivity contribution in [2.24, 2.45) is 5.92 Å². The molecule has 1 aliphatic carbocycles. The third kappa shape index (κ3) is 6.83. The fourth-order valence-corrected chi connectivity index (χ4v) is 8.57. The van der Waals surface area contributed by atoms with Gasteiger partial charge in [-0.25, -0.2) is 21.2 Å². The number of nitrogens with zero attached hydrogens (tertiary/aromatic N) is 2.